The molecule has 1 saturated heterocycles. The average Bonchev–Trinajstić information content (AvgIpc) is 3.33. The van der Waals surface area contributed by atoms with Crippen molar-refractivity contribution in [1.82, 2.24) is 9.80 Å². The first kappa shape index (κ1) is 23.2. The number of rotatable bonds is 6. The van der Waals surface area contributed by atoms with Crippen LogP contribution in [0, 0.1) is 16.0 Å². The van der Waals surface area contributed by atoms with Gasteiger partial charge in [0.15, 0.2) is 0 Å². The zero-order valence-electron chi connectivity index (χ0n) is 18.3. The minimum absolute atomic E-state index is 0.0392. The number of anilines is 1. The highest BCUT2D eigenvalue weighted by Gasteiger charge is 2.37. The molecule has 2 aromatic rings. The number of hydrogen-bond donors (Lipinski definition) is 1. The molecular weight excluding hydrogens is 444 g/mol. The summed E-state index contributed by atoms with van der Waals surface area (Å²) in [6.45, 7) is 2.08. The lowest BCUT2D eigenvalue weighted by atomic mass is 9.94. The molecule has 1 aliphatic carbocycles. The third-order valence-corrected chi connectivity index (χ3v) is 6.74. The van der Waals surface area contributed by atoms with Crippen LogP contribution >= 0.6 is 11.6 Å². The van der Waals surface area contributed by atoms with Crippen LogP contribution in [0.2, 0.25) is 5.02 Å². The number of nitro benzene ring substituents is 1. The maximum Gasteiger partial charge on any atom is 0.270 e. The van der Waals surface area contributed by atoms with Crippen molar-refractivity contribution in [3.8, 4) is 0 Å². The van der Waals surface area contributed by atoms with Crippen LogP contribution in [0.3, 0.4) is 0 Å². The molecule has 8 nitrogen and oxygen atoms in total. The summed E-state index contributed by atoms with van der Waals surface area (Å²) in [5, 5.41) is 14.6. The lowest BCUT2D eigenvalue weighted by Crippen LogP contribution is -2.56. The van der Waals surface area contributed by atoms with Crippen molar-refractivity contribution < 1.29 is 14.5 Å². The van der Waals surface area contributed by atoms with Crippen molar-refractivity contribution >= 4 is 34.8 Å². The number of nitrogens with one attached hydrogen (secondary N) is 1. The van der Waals surface area contributed by atoms with E-state index in [4.69, 9.17) is 11.6 Å². The zero-order chi connectivity index (χ0) is 23.4. The number of nitro groups is 1. The van der Waals surface area contributed by atoms with Crippen LogP contribution in [-0.4, -0.2) is 58.8 Å². The zero-order valence-corrected chi connectivity index (χ0v) is 19.0. The van der Waals surface area contributed by atoms with Gasteiger partial charge >= 0.3 is 0 Å². The number of amides is 2. The summed E-state index contributed by atoms with van der Waals surface area (Å²) in [5.41, 5.74) is 0.886. The molecule has 0 aromatic heterocycles. The molecule has 0 radical (unpaired) electrons. The second-order valence-corrected chi connectivity index (χ2v) is 9.06. The minimum Gasteiger partial charge on any atom is -0.336 e. The molecule has 2 aromatic carbocycles. The summed E-state index contributed by atoms with van der Waals surface area (Å²) in [5.74, 6) is 0.0185. The molecule has 1 N–H and O–H groups in total. The number of hydrogen-bond acceptors (Lipinski definition) is 5. The van der Waals surface area contributed by atoms with Crippen molar-refractivity contribution in [3.63, 3.8) is 0 Å². The van der Waals surface area contributed by atoms with Gasteiger partial charge in [0, 0.05) is 54.6 Å². The van der Waals surface area contributed by atoms with Crippen molar-refractivity contribution in [2.45, 2.75) is 31.7 Å². The van der Waals surface area contributed by atoms with Crippen molar-refractivity contribution in [1.29, 1.82) is 0 Å². The van der Waals surface area contributed by atoms with Gasteiger partial charge in [0.05, 0.1) is 11.0 Å². The summed E-state index contributed by atoms with van der Waals surface area (Å²) >= 11 is 6.07. The highest BCUT2D eigenvalue weighted by Crippen LogP contribution is 2.32. The summed E-state index contributed by atoms with van der Waals surface area (Å²) in [4.78, 5) is 40.6. The molecule has 1 saturated carbocycles. The van der Waals surface area contributed by atoms with E-state index >= 15 is 0 Å². The maximum atomic E-state index is 13.3. The number of halogens is 1. The van der Waals surface area contributed by atoms with Gasteiger partial charge in [-0.25, -0.2) is 0 Å². The van der Waals surface area contributed by atoms with Crippen LogP contribution in [-0.2, 0) is 4.79 Å². The van der Waals surface area contributed by atoms with Gasteiger partial charge in [-0.3, -0.25) is 24.6 Å². The van der Waals surface area contributed by atoms with Gasteiger partial charge in [-0.2, -0.15) is 0 Å². The van der Waals surface area contributed by atoms with Gasteiger partial charge in [0.25, 0.3) is 11.6 Å². The van der Waals surface area contributed by atoms with E-state index in [1.54, 1.807) is 29.2 Å². The molecule has 1 heterocycles. The predicted molar refractivity (Wildman–Crippen MR) is 126 cm³/mol. The number of carbonyl (C=O) groups is 2. The number of benzene rings is 2. The fourth-order valence-corrected chi connectivity index (χ4v) is 5.06. The van der Waals surface area contributed by atoms with Crippen LogP contribution in [0.5, 0.6) is 0 Å². The Morgan fingerprint density at radius 1 is 1.03 bits per heavy atom. The lowest BCUT2D eigenvalue weighted by molar-refractivity contribution is -0.384. The van der Waals surface area contributed by atoms with Gasteiger partial charge in [-0.15, -0.1) is 0 Å². The Bertz CT molecular complexity index is 1030. The van der Waals surface area contributed by atoms with E-state index in [2.05, 4.69) is 10.2 Å². The Balaban J connectivity index is 1.43. The van der Waals surface area contributed by atoms with Crippen LogP contribution in [0.15, 0.2) is 48.5 Å². The van der Waals surface area contributed by atoms with Crippen molar-refractivity contribution in [2.24, 2.45) is 5.92 Å². The molecule has 1 aliphatic heterocycles. The number of nitrogens with zero attached hydrogens (tertiary/aromatic N) is 3. The first-order chi connectivity index (χ1) is 15.9. The Morgan fingerprint density at radius 2 is 1.73 bits per heavy atom. The largest absolute Gasteiger partial charge is 0.336 e. The molecule has 1 unspecified atom stereocenters. The van der Waals surface area contributed by atoms with E-state index in [1.165, 1.54) is 18.2 Å². The van der Waals surface area contributed by atoms with E-state index < -0.39 is 4.92 Å². The standard InChI is InChI=1S/C24H27ClN4O4/c25-19-8-4-9-20(16-19)26-23(30)22(17-5-1-2-6-17)27-11-13-28(14-12-27)24(31)18-7-3-10-21(15-18)29(32)33/h3-4,7-10,15-17,22H,1-2,5-6,11-14H2,(H,26,30). The van der Waals surface area contributed by atoms with Gasteiger partial charge in [-0.05, 0) is 43.0 Å². The topological polar surface area (TPSA) is 95.8 Å². The second kappa shape index (κ2) is 10.3. The number of piperazine rings is 1. The average molecular weight is 471 g/mol. The van der Waals surface area contributed by atoms with Crippen LogP contribution in [0.1, 0.15) is 36.0 Å². The Morgan fingerprint density at radius 3 is 2.39 bits per heavy atom. The summed E-state index contributed by atoms with van der Waals surface area (Å²) in [7, 11) is 0. The Kier molecular flexibility index (Phi) is 7.25. The molecule has 4 rings (SSSR count). The molecule has 0 bridgehead atoms. The molecule has 1 atom stereocenters. The third kappa shape index (κ3) is 5.51. The first-order valence-electron chi connectivity index (χ1n) is 11.3. The quantitative estimate of drug-likeness (QED) is 0.504. The van der Waals surface area contributed by atoms with Crippen LogP contribution in [0.25, 0.3) is 0 Å². The van der Waals surface area contributed by atoms with Gasteiger partial charge in [-0.1, -0.05) is 36.6 Å². The monoisotopic (exact) mass is 470 g/mol. The van der Waals surface area contributed by atoms with Crippen molar-refractivity contribution in [2.75, 3.05) is 31.5 Å². The summed E-state index contributed by atoms with van der Waals surface area (Å²) in [6.07, 6.45) is 4.27. The van der Waals surface area contributed by atoms with Gasteiger partial charge in [0.1, 0.15) is 0 Å². The van der Waals surface area contributed by atoms with Crippen LogP contribution in [0.4, 0.5) is 11.4 Å². The number of carbonyl (C=O) groups excluding carboxylic acids is 2. The normalized spacial score (nSPS) is 18.2. The number of non-ortho nitro benzene ring substituents is 1. The molecule has 174 valence electrons. The Hall–Kier alpha value is -2.97. The highest BCUT2D eigenvalue weighted by molar-refractivity contribution is 6.30. The fraction of sp³-hybridized carbons (Fsp3) is 0.417. The van der Waals surface area contributed by atoms with E-state index in [-0.39, 0.29) is 29.5 Å². The summed E-state index contributed by atoms with van der Waals surface area (Å²) in [6, 6.07) is 12.7. The second-order valence-electron chi connectivity index (χ2n) is 8.62. The molecule has 2 amide bonds. The van der Waals surface area contributed by atoms with E-state index in [1.807, 2.05) is 6.07 Å². The SMILES string of the molecule is O=C(Nc1cccc(Cl)c1)C(C1CCCC1)N1CCN(C(=O)c2cccc([N+](=O)[O-])c2)CC1. The maximum absolute atomic E-state index is 13.3. The van der Waals surface area contributed by atoms with Gasteiger partial charge < -0.3 is 10.2 Å². The van der Waals surface area contributed by atoms with Crippen molar-refractivity contribution in [3.05, 3.63) is 69.2 Å². The molecular formula is C24H27ClN4O4. The molecule has 2 fully saturated rings. The smallest absolute Gasteiger partial charge is 0.270 e. The van der Waals surface area contributed by atoms with Gasteiger partial charge in [0.2, 0.25) is 5.91 Å². The van der Waals surface area contributed by atoms with E-state index in [9.17, 15) is 19.7 Å². The highest BCUT2D eigenvalue weighted by atomic mass is 35.5. The summed E-state index contributed by atoms with van der Waals surface area (Å²) < 4.78 is 0. The first-order valence-corrected chi connectivity index (χ1v) is 11.6. The minimum atomic E-state index is -0.501. The molecule has 33 heavy (non-hydrogen) atoms. The van der Waals surface area contributed by atoms with E-state index in [0.29, 0.717) is 42.5 Å². The van der Waals surface area contributed by atoms with E-state index in [0.717, 1.165) is 25.7 Å². The molecule has 9 heteroatoms. The third-order valence-electron chi connectivity index (χ3n) is 6.51. The Labute approximate surface area is 197 Å². The predicted octanol–water partition coefficient (Wildman–Crippen LogP) is 4.20. The lowest BCUT2D eigenvalue weighted by Gasteiger charge is -2.40. The van der Waals surface area contributed by atoms with Crippen LogP contribution < -0.4 is 5.32 Å². The molecule has 0 spiro atoms. The molecule has 2 aliphatic rings. The fourth-order valence-electron chi connectivity index (χ4n) is 4.87.